The van der Waals surface area contributed by atoms with Crippen molar-refractivity contribution >= 4 is 23.2 Å². The monoisotopic (exact) mass is 399 g/mol. The Hall–Kier alpha value is -2.03. The molecule has 1 heterocycles. The van der Waals surface area contributed by atoms with Gasteiger partial charge in [0.25, 0.3) is 0 Å². The third-order valence-electron chi connectivity index (χ3n) is 4.78. The van der Waals surface area contributed by atoms with Crippen LogP contribution in [0.1, 0.15) is 42.1 Å². The molecule has 0 N–H and O–H groups in total. The van der Waals surface area contributed by atoms with Gasteiger partial charge in [-0.3, -0.25) is 4.79 Å². The molecular formula is C23H23Cl2NO. The van der Waals surface area contributed by atoms with E-state index in [-0.39, 0.29) is 5.43 Å². The van der Waals surface area contributed by atoms with Gasteiger partial charge in [-0.25, -0.2) is 0 Å². The van der Waals surface area contributed by atoms with Crippen molar-refractivity contribution in [3.05, 3.63) is 103 Å². The average molecular weight is 400 g/mol. The largest absolute Gasteiger partial charge is 0.347 e. The Morgan fingerprint density at radius 2 is 1.59 bits per heavy atom. The Morgan fingerprint density at radius 3 is 2.26 bits per heavy atom. The number of unbranched alkanes of at least 4 members (excludes halogenated alkanes) is 1. The molecule has 0 aliphatic carbocycles. The molecule has 0 fully saturated rings. The molecule has 0 aliphatic rings. The van der Waals surface area contributed by atoms with E-state index in [0.29, 0.717) is 16.5 Å². The number of pyridine rings is 1. The summed E-state index contributed by atoms with van der Waals surface area (Å²) in [5.74, 6) is 0. The van der Waals surface area contributed by atoms with Crippen LogP contribution < -0.4 is 5.43 Å². The topological polar surface area (TPSA) is 22.0 Å². The summed E-state index contributed by atoms with van der Waals surface area (Å²) >= 11 is 12.7. The molecule has 4 heteroatoms. The van der Waals surface area contributed by atoms with E-state index in [1.807, 2.05) is 42.6 Å². The standard InChI is InChI=1S/C23H23Cl2NO/c1-2-3-12-22-19(15-18-20(24)10-7-11-21(18)25)23(27)13-14-26(22)16-17-8-5-4-6-9-17/h4-11,13-14H,2-3,12,15-16H2,1H3. The lowest BCUT2D eigenvalue weighted by molar-refractivity contribution is 0.672. The maximum absolute atomic E-state index is 12.7. The first kappa shape index (κ1) is 19.7. The Balaban J connectivity index is 2.06. The summed E-state index contributed by atoms with van der Waals surface area (Å²) in [4.78, 5) is 12.7. The van der Waals surface area contributed by atoms with Gasteiger partial charge in [-0.1, -0.05) is 72.9 Å². The second kappa shape index (κ2) is 9.25. The van der Waals surface area contributed by atoms with Gasteiger partial charge in [0, 0.05) is 46.5 Å². The first-order valence-electron chi connectivity index (χ1n) is 9.28. The first-order valence-corrected chi connectivity index (χ1v) is 10.0. The predicted octanol–water partition coefficient (Wildman–Crippen LogP) is 6.14. The van der Waals surface area contributed by atoms with Crippen LogP contribution in [-0.2, 0) is 19.4 Å². The molecule has 0 bridgehead atoms. The Morgan fingerprint density at radius 1 is 0.889 bits per heavy atom. The summed E-state index contributed by atoms with van der Waals surface area (Å²) in [5.41, 5.74) is 3.93. The lowest BCUT2D eigenvalue weighted by Crippen LogP contribution is -2.20. The molecule has 3 aromatic rings. The number of benzene rings is 2. The molecule has 1 aromatic heterocycles. The van der Waals surface area contributed by atoms with E-state index in [2.05, 4.69) is 23.6 Å². The molecule has 0 radical (unpaired) electrons. The minimum absolute atomic E-state index is 0.0430. The van der Waals surface area contributed by atoms with Crippen molar-refractivity contribution in [2.24, 2.45) is 0 Å². The molecular weight excluding hydrogens is 377 g/mol. The van der Waals surface area contributed by atoms with Gasteiger partial charge in [-0.15, -0.1) is 0 Å². The van der Waals surface area contributed by atoms with Gasteiger partial charge in [0.2, 0.25) is 0 Å². The second-order valence-corrected chi connectivity index (χ2v) is 7.51. The summed E-state index contributed by atoms with van der Waals surface area (Å²) in [5, 5.41) is 1.20. The summed E-state index contributed by atoms with van der Waals surface area (Å²) in [6.07, 6.45) is 5.31. The Labute approximate surface area is 170 Å². The van der Waals surface area contributed by atoms with E-state index < -0.39 is 0 Å². The van der Waals surface area contributed by atoms with Crippen LogP contribution in [0.5, 0.6) is 0 Å². The quantitative estimate of drug-likeness (QED) is 0.467. The number of rotatable bonds is 7. The SMILES string of the molecule is CCCCc1c(Cc2c(Cl)cccc2Cl)c(=O)ccn1Cc1ccccc1. The highest BCUT2D eigenvalue weighted by Crippen LogP contribution is 2.27. The third-order valence-corrected chi connectivity index (χ3v) is 5.48. The number of halogens is 2. The predicted molar refractivity (Wildman–Crippen MR) is 114 cm³/mol. The molecule has 0 saturated carbocycles. The fraction of sp³-hybridized carbons (Fsp3) is 0.261. The summed E-state index contributed by atoms with van der Waals surface area (Å²) in [6.45, 7) is 2.90. The maximum atomic E-state index is 12.7. The average Bonchev–Trinajstić information content (AvgIpc) is 2.67. The van der Waals surface area contributed by atoms with Crippen molar-refractivity contribution < 1.29 is 0 Å². The molecule has 0 unspecified atom stereocenters. The van der Waals surface area contributed by atoms with Crippen LogP contribution in [0.2, 0.25) is 10.0 Å². The summed E-state index contributed by atoms with van der Waals surface area (Å²) in [6, 6.07) is 17.4. The van der Waals surface area contributed by atoms with E-state index in [1.54, 1.807) is 6.07 Å². The summed E-state index contributed by atoms with van der Waals surface area (Å²) < 4.78 is 2.19. The highest BCUT2D eigenvalue weighted by atomic mass is 35.5. The highest BCUT2D eigenvalue weighted by Gasteiger charge is 2.15. The fourth-order valence-corrected chi connectivity index (χ4v) is 3.83. The molecule has 2 nitrogen and oxygen atoms in total. The lowest BCUT2D eigenvalue weighted by Gasteiger charge is -2.18. The van der Waals surface area contributed by atoms with Gasteiger partial charge in [-0.05, 0) is 36.1 Å². The molecule has 0 amide bonds. The van der Waals surface area contributed by atoms with E-state index in [4.69, 9.17) is 23.2 Å². The van der Waals surface area contributed by atoms with E-state index in [9.17, 15) is 4.79 Å². The van der Waals surface area contributed by atoms with Gasteiger partial charge < -0.3 is 4.57 Å². The van der Waals surface area contributed by atoms with Crippen molar-refractivity contribution in [3.8, 4) is 0 Å². The van der Waals surface area contributed by atoms with E-state index in [1.165, 1.54) is 5.56 Å². The van der Waals surface area contributed by atoms with Crippen LogP contribution in [-0.4, -0.2) is 4.57 Å². The number of hydrogen-bond acceptors (Lipinski definition) is 1. The highest BCUT2D eigenvalue weighted by molar-refractivity contribution is 6.36. The van der Waals surface area contributed by atoms with E-state index in [0.717, 1.165) is 42.6 Å². The molecule has 2 aromatic carbocycles. The Kier molecular flexibility index (Phi) is 6.76. The van der Waals surface area contributed by atoms with Crippen LogP contribution in [0.4, 0.5) is 0 Å². The van der Waals surface area contributed by atoms with Gasteiger partial charge in [0.15, 0.2) is 5.43 Å². The molecule has 27 heavy (non-hydrogen) atoms. The second-order valence-electron chi connectivity index (χ2n) is 6.70. The van der Waals surface area contributed by atoms with Crippen molar-refractivity contribution in [1.82, 2.24) is 4.57 Å². The smallest absolute Gasteiger partial charge is 0.185 e. The van der Waals surface area contributed by atoms with Crippen LogP contribution >= 0.6 is 23.2 Å². The number of nitrogens with zero attached hydrogens (tertiary/aromatic N) is 1. The molecule has 140 valence electrons. The Bertz CT molecular complexity index is 944. The molecule has 0 atom stereocenters. The summed E-state index contributed by atoms with van der Waals surface area (Å²) in [7, 11) is 0. The zero-order valence-corrected chi connectivity index (χ0v) is 16.9. The maximum Gasteiger partial charge on any atom is 0.185 e. The van der Waals surface area contributed by atoms with Crippen molar-refractivity contribution in [2.45, 2.75) is 39.2 Å². The minimum atomic E-state index is 0.0430. The number of aromatic nitrogens is 1. The molecule has 3 rings (SSSR count). The van der Waals surface area contributed by atoms with Gasteiger partial charge in [-0.2, -0.15) is 0 Å². The van der Waals surface area contributed by atoms with Gasteiger partial charge in [0.05, 0.1) is 0 Å². The van der Waals surface area contributed by atoms with Crippen LogP contribution in [0.15, 0.2) is 65.6 Å². The van der Waals surface area contributed by atoms with Crippen LogP contribution in [0, 0.1) is 0 Å². The first-order chi connectivity index (χ1) is 13.1. The fourth-order valence-electron chi connectivity index (χ4n) is 3.30. The number of hydrogen-bond donors (Lipinski definition) is 0. The molecule has 0 spiro atoms. The van der Waals surface area contributed by atoms with Crippen molar-refractivity contribution in [1.29, 1.82) is 0 Å². The lowest BCUT2D eigenvalue weighted by atomic mass is 9.99. The van der Waals surface area contributed by atoms with Gasteiger partial charge >= 0.3 is 0 Å². The van der Waals surface area contributed by atoms with Crippen molar-refractivity contribution in [2.75, 3.05) is 0 Å². The molecule has 0 saturated heterocycles. The molecule has 0 aliphatic heterocycles. The normalized spacial score (nSPS) is 10.9. The van der Waals surface area contributed by atoms with E-state index >= 15 is 0 Å². The zero-order valence-electron chi connectivity index (χ0n) is 15.4. The van der Waals surface area contributed by atoms with Crippen molar-refractivity contribution in [3.63, 3.8) is 0 Å². The zero-order chi connectivity index (χ0) is 19.2. The van der Waals surface area contributed by atoms with Crippen LogP contribution in [0.25, 0.3) is 0 Å². The van der Waals surface area contributed by atoms with Crippen LogP contribution in [0.3, 0.4) is 0 Å². The minimum Gasteiger partial charge on any atom is -0.347 e. The third kappa shape index (κ3) is 4.82. The van der Waals surface area contributed by atoms with Gasteiger partial charge in [0.1, 0.15) is 0 Å².